The van der Waals surface area contributed by atoms with Crippen molar-refractivity contribution in [1.29, 1.82) is 0 Å². The molecule has 3 heteroatoms. The molecule has 0 saturated heterocycles. The van der Waals surface area contributed by atoms with Gasteiger partial charge < -0.3 is 5.73 Å². The van der Waals surface area contributed by atoms with Crippen molar-refractivity contribution >= 4 is 5.69 Å². The van der Waals surface area contributed by atoms with Gasteiger partial charge in [-0.15, -0.1) is 0 Å². The van der Waals surface area contributed by atoms with Crippen molar-refractivity contribution in [3.05, 3.63) is 36.2 Å². The summed E-state index contributed by atoms with van der Waals surface area (Å²) >= 11 is 0. The van der Waals surface area contributed by atoms with E-state index in [4.69, 9.17) is 5.73 Å². The zero-order chi connectivity index (χ0) is 9.80. The van der Waals surface area contributed by atoms with Gasteiger partial charge in [0.25, 0.3) is 0 Å². The summed E-state index contributed by atoms with van der Waals surface area (Å²) in [7, 11) is 0. The molecule has 0 amide bonds. The van der Waals surface area contributed by atoms with Crippen molar-refractivity contribution in [2.45, 2.75) is 13.0 Å². The molecule has 1 aliphatic rings. The molecule has 1 aromatic rings. The van der Waals surface area contributed by atoms with Gasteiger partial charge in [-0.1, -0.05) is 12.2 Å². The highest BCUT2D eigenvalue weighted by molar-refractivity contribution is 5.41. The lowest BCUT2D eigenvalue weighted by Gasteiger charge is -2.22. The number of nitrogens with zero attached hydrogens (tertiary/aromatic N) is 2. The molecule has 0 radical (unpaired) electrons. The predicted molar refractivity (Wildman–Crippen MR) is 57.7 cm³/mol. The molecule has 14 heavy (non-hydrogen) atoms. The standard InChI is InChI=1S/C11H15N3/c12-10-5-4-6-13-11(10)9-14-7-2-1-3-8-14/h1-2,4-6H,3,7-9,12H2. The summed E-state index contributed by atoms with van der Waals surface area (Å²) in [6.07, 6.45) is 7.35. The molecule has 0 unspecified atom stereocenters. The lowest BCUT2D eigenvalue weighted by atomic mass is 10.2. The molecule has 0 atom stereocenters. The number of nitrogen functional groups attached to an aromatic ring is 1. The first-order valence-electron chi connectivity index (χ1n) is 4.93. The summed E-state index contributed by atoms with van der Waals surface area (Å²) in [5.41, 5.74) is 7.61. The van der Waals surface area contributed by atoms with Crippen LogP contribution in [0.5, 0.6) is 0 Å². The first kappa shape index (κ1) is 9.21. The maximum absolute atomic E-state index is 5.83. The summed E-state index contributed by atoms with van der Waals surface area (Å²) in [4.78, 5) is 6.63. The van der Waals surface area contributed by atoms with Gasteiger partial charge in [0.1, 0.15) is 0 Å². The monoisotopic (exact) mass is 189 g/mol. The van der Waals surface area contributed by atoms with Crippen molar-refractivity contribution in [2.24, 2.45) is 0 Å². The third-order valence-corrected chi connectivity index (χ3v) is 2.44. The van der Waals surface area contributed by atoms with E-state index in [2.05, 4.69) is 22.0 Å². The molecule has 0 aliphatic carbocycles. The minimum Gasteiger partial charge on any atom is -0.397 e. The summed E-state index contributed by atoms with van der Waals surface area (Å²) in [6, 6.07) is 3.77. The third kappa shape index (κ3) is 2.12. The van der Waals surface area contributed by atoms with Crippen LogP contribution in [0.15, 0.2) is 30.5 Å². The molecule has 0 fully saturated rings. The fourth-order valence-electron chi connectivity index (χ4n) is 1.63. The highest BCUT2D eigenvalue weighted by Gasteiger charge is 2.08. The Kier molecular flexibility index (Phi) is 2.79. The molecule has 0 bridgehead atoms. The Bertz CT molecular complexity index is 333. The Morgan fingerprint density at radius 2 is 2.36 bits per heavy atom. The number of nitrogens with two attached hydrogens (primary N) is 1. The van der Waals surface area contributed by atoms with Crippen molar-refractivity contribution in [3.8, 4) is 0 Å². The Balaban J connectivity index is 2.03. The molecule has 1 aliphatic heterocycles. The number of aromatic nitrogens is 1. The van der Waals surface area contributed by atoms with Gasteiger partial charge >= 0.3 is 0 Å². The lowest BCUT2D eigenvalue weighted by Crippen LogP contribution is -2.27. The van der Waals surface area contributed by atoms with Gasteiger partial charge in [-0.05, 0) is 18.6 Å². The second-order valence-corrected chi connectivity index (χ2v) is 3.53. The average Bonchev–Trinajstić information content (AvgIpc) is 2.23. The van der Waals surface area contributed by atoms with Gasteiger partial charge in [0.15, 0.2) is 0 Å². The molecular weight excluding hydrogens is 174 g/mol. The topological polar surface area (TPSA) is 42.1 Å². The van der Waals surface area contributed by atoms with Gasteiger partial charge in [0, 0.05) is 25.8 Å². The molecular formula is C11H15N3. The van der Waals surface area contributed by atoms with Crippen LogP contribution in [0.3, 0.4) is 0 Å². The van der Waals surface area contributed by atoms with Gasteiger partial charge in [-0.2, -0.15) is 0 Å². The summed E-state index contributed by atoms with van der Waals surface area (Å²) in [5.74, 6) is 0. The van der Waals surface area contributed by atoms with Crippen molar-refractivity contribution < 1.29 is 0 Å². The molecule has 0 spiro atoms. The number of rotatable bonds is 2. The van der Waals surface area contributed by atoms with Crippen LogP contribution in [0.2, 0.25) is 0 Å². The van der Waals surface area contributed by atoms with E-state index >= 15 is 0 Å². The predicted octanol–water partition coefficient (Wildman–Crippen LogP) is 1.43. The van der Waals surface area contributed by atoms with Crippen LogP contribution in [0.25, 0.3) is 0 Å². The van der Waals surface area contributed by atoms with Crippen molar-refractivity contribution in [1.82, 2.24) is 9.88 Å². The molecule has 0 aromatic carbocycles. The Labute approximate surface area is 84.2 Å². The van der Waals surface area contributed by atoms with E-state index in [-0.39, 0.29) is 0 Å². The third-order valence-electron chi connectivity index (χ3n) is 2.44. The van der Waals surface area contributed by atoms with E-state index in [9.17, 15) is 0 Å². The van der Waals surface area contributed by atoms with Crippen LogP contribution in [0.1, 0.15) is 12.1 Å². The lowest BCUT2D eigenvalue weighted by molar-refractivity contribution is 0.288. The van der Waals surface area contributed by atoms with Crippen LogP contribution < -0.4 is 5.73 Å². The molecule has 2 N–H and O–H groups in total. The minimum absolute atomic E-state index is 0.794. The smallest absolute Gasteiger partial charge is 0.0772 e. The molecule has 2 rings (SSSR count). The highest BCUT2D eigenvalue weighted by Crippen LogP contribution is 2.12. The van der Waals surface area contributed by atoms with E-state index in [0.29, 0.717) is 0 Å². The molecule has 3 nitrogen and oxygen atoms in total. The van der Waals surface area contributed by atoms with Crippen LogP contribution in [0.4, 0.5) is 5.69 Å². The normalized spacial score (nSPS) is 17.1. The maximum Gasteiger partial charge on any atom is 0.0772 e. The summed E-state index contributed by atoms with van der Waals surface area (Å²) in [6.45, 7) is 2.97. The van der Waals surface area contributed by atoms with Crippen LogP contribution in [0, 0.1) is 0 Å². The van der Waals surface area contributed by atoms with Crippen LogP contribution >= 0.6 is 0 Å². The largest absolute Gasteiger partial charge is 0.397 e. The van der Waals surface area contributed by atoms with Crippen LogP contribution in [-0.4, -0.2) is 23.0 Å². The zero-order valence-electron chi connectivity index (χ0n) is 8.19. The Hall–Kier alpha value is -1.35. The fraction of sp³-hybridized carbons (Fsp3) is 0.364. The SMILES string of the molecule is Nc1cccnc1CN1CC=CCC1. The average molecular weight is 189 g/mol. The minimum atomic E-state index is 0.794. The van der Waals surface area contributed by atoms with E-state index in [1.165, 1.54) is 0 Å². The molecule has 1 aromatic heterocycles. The van der Waals surface area contributed by atoms with Gasteiger partial charge in [0.2, 0.25) is 0 Å². The Morgan fingerprint density at radius 1 is 1.43 bits per heavy atom. The van der Waals surface area contributed by atoms with E-state index in [1.807, 2.05) is 12.1 Å². The molecule has 2 heterocycles. The quantitative estimate of drug-likeness (QED) is 0.715. The first-order valence-corrected chi connectivity index (χ1v) is 4.93. The zero-order valence-corrected chi connectivity index (χ0v) is 8.19. The van der Waals surface area contributed by atoms with Gasteiger partial charge in [0.05, 0.1) is 11.4 Å². The second kappa shape index (κ2) is 4.24. The van der Waals surface area contributed by atoms with E-state index < -0.39 is 0 Å². The molecule has 74 valence electrons. The maximum atomic E-state index is 5.83. The summed E-state index contributed by atoms with van der Waals surface area (Å²) < 4.78 is 0. The second-order valence-electron chi connectivity index (χ2n) is 3.53. The number of hydrogen-bond donors (Lipinski definition) is 1. The Morgan fingerprint density at radius 3 is 3.07 bits per heavy atom. The van der Waals surface area contributed by atoms with Gasteiger partial charge in [-0.25, -0.2) is 0 Å². The number of pyridine rings is 1. The van der Waals surface area contributed by atoms with Crippen LogP contribution in [-0.2, 0) is 6.54 Å². The molecule has 0 saturated carbocycles. The van der Waals surface area contributed by atoms with E-state index in [0.717, 1.165) is 37.4 Å². The van der Waals surface area contributed by atoms with E-state index in [1.54, 1.807) is 6.20 Å². The van der Waals surface area contributed by atoms with Gasteiger partial charge in [-0.3, -0.25) is 9.88 Å². The van der Waals surface area contributed by atoms with Crippen molar-refractivity contribution in [2.75, 3.05) is 18.8 Å². The van der Waals surface area contributed by atoms with Crippen molar-refractivity contribution in [3.63, 3.8) is 0 Å². The first-order chi connectivity index (χ1) is 6.86. The summed E-state index contributed by atoms with van der Waals surface area (Å²) in [5, 5.41) is 0. The fourth-order valence-corrected chi connectivity index (χ4v) is 1.63. The number of hydrogen-bond acceptors (Lipinski definition) is 3. The number of anilines is 1. The highest BCUT2D eigenvalue weighted by atomic mass is 15.1.